The standard InChI is InChI=1S/C22H31N5O2/c1-7-23-22(24-13-18-14(3)26-27(6)16(18)5)25-15(4)20-12-17-10-9-11-19(28-8-2)21(17)29-20/h9-12,15H,7-8,13H2,1-6H3,(H2,23,24,25). The van der Waals surface area contributed by atoms with E-state index in [4.69, 9.17) is 14.1 Å². The molecule has 0 saturated carbocycles. The van der Waals surface area contributed by atoms with E-state index in [-0.39, 0.29) is 6.04 Å². The van der Waals surface area contributed by atoms with E-state index in [1.165, 1.54) is 0 Å². The van der Waals surface area contributed by atoms with Gasteiger partial charge in [0, 0.05) is 30.2 Å². The molecule has 2 aromatic heterocycles. The molecule has 1 aromatic carbocycles. The summed E-state index contributed by atoms with van der Waals surface area (Å²) in [5.74, 6) is 2.35. The van der Waals surface area contributed by atoms with Crippen LogP contribution in [0.4, 0.5) is 0 Å². The molecule has 0 radical (unpaired) electrons. The van der Waals surface area contributed by atoms with E-state index in [0.29, 0.717) is 13.2 Å². The summed E-state index contributed by atoms with van der Waals surface area (Å²) in [6.07, 6.45) is 0. The minimum absolute atomic E-state index is 0.0502. The number of aliphatic imine (C=N–C) groups is 1. The van der Waals surface area contributed by atoms with Gasteiger partial charge < -0.3 is 19.8 Å². The molecule has 0 bridgehead atoms. The monoisotopic (exact) mass is 397 g/mol. The molecule has 3 aromatic rings. The van der Waals surface area contributed by atoms with Gasteiger partial charge in [-0.05, 0) is 46.8 Å². The van der Waals surface area contributed by atoms with Crippen LogP contribution in [0.15, 0.2) is 33.7 Å². The molecule has 0 aliphatic heterocycles. The Bertz CT molecular complexity index is 1000. The van der Waals surface area contributed by atoms with E-state index in [0.717, 1.165) is 51.9 Å². The van der Waals surface area contributed by atoms with Crippen molar-refractivity contribution in [3.05, 3.63) is 47.0 Å². The van der Waals surface area contributed by atoms with Crippen LogP contribution in [-0.2, 0) is 13.6 Å². The number of aryl methyl sites for hydroxylation is 2. The fraction of sp³-hybridized carbons (Fsp3) is 0.455. The first kappa shape index (κ1) is 20.8. The summed E-state index contributed by atoms with van der Waals surface area (Å²) in [7, 11) is 1.96. The highest BCUT2D eigenvalue weighted by molar-refractivity contribution is 5.84. The van der Waals surface area contributed by atoms with Crippen LogP contribution in [0.1, 0.15) is 49.5 Å². The number of rotatable bonds is 7. The van der Waals surface area contributed by atoms with Gasteiger partial charge in [-0.15, -0.1) is 0 Å². The van der Waals surface area contributed by atoms with Crippen LogP contribution in [0, 0.1) is 13.8 Å². The van der Waals surface area contributed by atoms with E-state index < -0.39 is 0 Å². The summed E-state index contributed by atoms with van der Waals surface area (Å²) in [6, 6.07) is 7.95. The molecule has 7 heteroatoms. The van der Waals surface area contributed by atoms with Crippen molar-refractivity contribution in [2.45, 2.75) is 47.2 Å². The number of aromatic nitrogens is 2. The molecule has 1 unspecified atom stereocenters. The van der Waals surface area contributed by atoms with Crippen LogP contribution < -0.4 is 15.4 Å². The third-order valence-corrected chi connectivity index (χ3v) is 5.01. The molecule has 0 amide bonds. The van der Waals surface area contributed by atoms with Crippen LogP contribution >= 0.6 is 0 Å². The maximum absolute atomic E-state index is 6.11. The van der Waals surface area contributed by atoms with Gasteiger partial charge in [-0.3, -0.25) is 4.68 Å². The van der Waals surface area contributed by atoms with Gasteiger partial charge in [0.15, 0.2) is 17.3 Å². The Morgan fingerprint density at radius 3 is 2.76 bits per heavy atom. The molecule has 7 nitrogen and oxygen atoms in total. The van der Waals surface area contributed by atoms with E-state index in [9.17, 15) is 0 Å². The van der Waals surface area contributed by atoms with Gasteiger partial charge >= 0.3 is 0 Å². The molecule has 0 aliphatic carbocycles. The molecule has 0 fully saturated rings. The number of ether oxygens (including phenoxy) is 1. The van der Waals surface area contributed by atoms with Crippen molar-refractivity contribution >= 4 is 16.9 Å². The van der Waals surface area contributed by atoms with Crippen molar-refractivity contribution in [3.8, 4) is 5.75 Å². The lowest BCUT2D eigenvalue weighted by molar-refractivity contribution is 0.336. The molecule has 3 rings (SSSR count). The van der Waals surface area contributed by atoms with Crippen LogP contribution in [0.5, 0.6) is 5.75 Å². The van der Waals surface area contributed by atoms with Crippen LogP contribution in [0.2, 0.25) is 0 Å². The summed E-state index contributed by atoms with van der Waals surface area (Å²) in [4.78, 5) is 4.76. The topological polar surface area (TPSA) is 76.6 Å². The minimum atomic E-state index is -0.0502. The highest BCUT2D eigenvalue weighted by Crippen LogP contribution is 2.31. The molecule has 0 saturated heterocycles. The van der Waals surface area contributed by atoms with Gasteiger partial charge in [-0.2, -0.15) is 5.10 Å². The maximum atomic E-state index is 6.11. The molecular weight excluding hydrogens is 366 g/mol. The molecule has 0 spiro atoms. The predicted molar refractivity (Wildman–Crippen MR) is 116 cm³/mol. The molecule has 2 N–H and O–H groups in total. The summed E-state index contributed by atoms with van der Waals surface area (Å²) >= 11 is 0. The van der Waals surface area contributed by atoms with E-state index in [1.807, 2.05) is 43.8 Å². The Labute approximate surface area is 172 Å². The van der Waals surface area contributed by atoms with Gasteiger partial charge in [0.1, 0.15) is 5.76 Å². The Morgan fingerprint density at radius 1 is 1.31 bits per heavy atom. The third-order valence-electron chi connectivity index (χ3n) is 5.01. The zero-order chi connectivity index (χ0) is 21.0. The van der Waals surface area contributed by atoms with Gasteiger partial charge in [0.25, 0.3) is 0 Å². The van der Waals surface area contributed by atoms with Crippen molar-refractivity contribution < 1.29 is 9.15 Å². The first-order valence-electron chi connectivity index (χ1n) is 10.1. The third kappa shape index (κ3) is 4.55. The SMILES string of the molecule is CCNC(=NCc1c(C)nn(C)c1C)NC(C)c1cc2cccc(OCC)c2o1. The van der Waals surface area contributed by atoms with Crippen LogP contribution in [-0.4, -0.2) is 28.9 Å². The average Bonchev–Trinajstić information content (AvgIpc) is 3.23. The van der Waals surface area contributed by atoms with E-state index in [1.54, 1.807) is 0 Å². The summed E-state index contributed by atoms with van der Waals surface area (Å²) in [5, 5.41) is 12.3. The van der Waals surface area contributed by atoms with Crippen molar-refractivity contribution in [2.24, 2.45) is 12.0 Å². The normalized spacial score (nSPS) is 13.0. The van der Waals surface area contributed by atoms with Gasteiger partial charge in [0.2, 0.25) is 0 Å². The number of para-hydroxylation sites is 1. The highest BCUT2D eigenvalue weighted by Gasteiger charge is 2.16. The quantitative estimate of drug-likeness (QED) is 0.465. The molecule has 0 aliphatic rings. The molecule has 1 atom stereocenters. The summed E-state index contributed by atoms with van der Waals surface area (Å²) < 4.78 is 13.7. The van der Waals surface area contributed by atoms with Crippen molar-refractivity contribution in [3.63, 3.8) is 0 Å². The minimum Gasteiger partial charge on any atom is -0.490 e. The molecule has 2 heterocycles. The van der Waals surface area contributed by atoms with Crippen molar-refractivity contribution in [1.82, 2.24) is 20.4 Å². The number of benzene rings is 1. The summed E-state index contributed by atoms with van der Waals surface area (Å²) in [5.41, 5.74) is 4.08. The number of furan rings is 1. The molecule has 156 valence electrons. The molecular formula is C22H31N5O2. The highest BCUT2D eigenvalue weighted by atomic mass is 16.5. The summed E-state index contributed by atoms with van der Waals surface area (Å²) in [6.45, 7) is 12.1. The number of guanidine groups is 1. The fourth-order valence-corrected chi connectivity index (χ4v) is 3.34. The number of fused-ring (bicyclic) bond motifs is 1. The average molecular weight is 398 g/mol. The molecule has 29 heavy (non-hydrogen) atoms. The predicted octanol–water partition coefficient (Wildman–Crippen LogP) is 4.00. The van der Waals surface area contributed by atoms with Crippen LogP contribution in [0.25, 0.3) is 11.0 Å². The first-order chi connectivity index (χ1) is 13.9. The Balaban J connectivity index is 1.79. The van der Waals surface area contributed by atoms with Gasteiger partial charge in [0.05, 0.1) is 24.9 Å². The largest absolute Gasteiger partial charge is 0.490 e. The van der Waals surface area contributed by atoms with Gasteiger partial charge in [-0.25, -0.2) is 4.99 Å². The Hall–Kier alpha value is -2.96. The maximum Gasteiger partial charge on any atom is 0.192 e. The zero-order valence-corrected chi connectivity index (χ0v) is 18.2. The number of hydrogen-bond acceptors (Lipinski definition) is 4. The van der Waals surface area contributed by atoms with Crippen LogP contribution in [0.3, 0.4) is 0 Å². The number of nitrogens with zero attached hydrogens (tertiary/aromatic N) is 3. The van der Waals surface area contributed by atoms with Crippen molar-refractivity contribution in [1.29, 1.82) is 0 Å². The lowest BCUT2D eigenvalue weighted by Crippen LogP contribution is -2.38. The fourth-order valence-electron chi connectivity index (χ4n) is 3.34. The Morgan fingerprint density at radius 2 is 2.10 bits per heavy atom. The zero-order valence-electron chi connectivity index (χ0n) is 18.2. The number of nitrogens with one attached hydrogen (secondary N) is 2. The number of hydrogen-bond donors (Lipinski definition) is 2. The first-order valence-corrected chi connectivity index (χ1v) is 10.1. The lowest BCUT2D eigenvalue weighted by atomic mass is 10.2. The van der Waals surface area contributed by atoms with E-state index >= 15 is 0 Å². The second-order valence-corrected chi connectivity index (χ2v) is 7.09. The second-order valence-electron chi connectivity index (χ2n) is 7.09. The lowest BCUT2D eigenvalue weighted by Gasteiger charge is -2.16. The smallest absolute Gasteiger partial charge is 0.192 e. The van der Waals surface area contributed by atoms with Crippen molar-refractivity contribution in [2.75, 3.05) is 13.2 Å². The van der Waals surface area contributed by atoms with E-state index in [2.05, 4.69) is 42.6 Å². The Kier molecular flexibility index (Phi) is 6.46. The van der Waals surface area contributed by atoms with Gasteiger partial charge in [-0.1, -0.05) is 12.1 Å². The second kappa shape index (κ2) is 9.03.